The maximum absolute atomic E-state index is 5.62. The minimum Gasteiger partial charge on any atom is -0.497 e. The zero-order valence-electron chi connectivity index (χ0n) is 22.4. The molecule has 3 heteroatoms. The lowest BCUT2D eigenvalue weighted by Gasteiger charge is -2.39. The molecule has 0 aliphatic carbocycles. The number of fused-ring (bicyclic) bond motifs is 9. The zero-order valence-corrected chi connectivity index (χ0v) is 22.4. The van der Waals surface area contributed by atoms with Crippen molar-refractivity contribution in [3.05, 3.63) is 130 Å². The maximum atomic E-state index is 5.62. The van der Waals surface area contributed by atoms with Gasteiger partial charge in [-0.25, -0.2) is 0 Å². The van der Waals surface area contributed by atoms with Gasteiger partial charge in [-0.05, 0) is 69.1 Å². The van der Waals surface area contributed by atoms with Crippen LogP contribution in [0, 0.1) is 0 Å². The number of methoxy groups -OCH3 is 1. The number of nitrogens with one attached hydrogen (secondary N) is 1. The molecule has 3 heterocycles. The first-order valence-corrected chi connectivity index (χ1v) is 13.4. The molecule has 0 bridgehead atoms. The number of rotatable bonds is 2. The second kappa shape index (κ2) is 8.39. The summed E-state index contributed by atoms with van der Waals surface area (Å²) in [6.07, 6.45) is 3.23. The number of hydrogen-bond donors (Lipinski definition) is 1. The molecular formula is C35H32N2O. The lowest BCUT2D eigenvalue weighted by molar-refractivity contribution is 0.415. The first-order valence-electron chi connectivity index (χ1n) is 13.4. The van der Waals surface area contributed by atoms with Crippen molar-refractivity contribution >= 4 is 28.4 Å². The fourth-order valence-electron chi connectivity index (χ4n) is 6.19. The third-order valence-electron chi connectivity index (χ3n) is 8.19. The Morgan fingerprint density at radius 3 is 2.42 bits per heavy atom. The van der Waals surface area contributed by atoms with Crippen LogP contribution >= 0.6 is 0 Å². The highest BCUT2D eigenvalue weighted by molar-refractivity contribution is 5.97. The van der Waals surface area contributed by atoms with Crippen LogP contribution in [0.4, 0.5) is 5.69 Å². The van der Waals surface area contributed by atoms with Gasteiger partial charge in [-0.2, -0.15) is 0 Å². The van der Waals surface area contributed by atoms with E-state index in [0.29, 0.717) is 0 Å². The molecule has 0 spiro atoms. The van der Waals surface area contributed by atoms with Gasteiger partial charge in [-0.15, -0.1) is 0 Å². The predicted octanol–water partition coefficient (Wildman–Crippen LogP) is 8.49. The van der Waals surface area contributed by atoms with Crippen molar-refractivity contribution in [3.8, 4) is 5.75 Å². The van der Waals surface area contributed by atoms with Crippen LogP contribution in [0.25, 0.3) is 22.7 Å². The van der Waals surface area contributed by atoms with Gasteiger partial charge in [0.25, 0.3) is 0 Å². The molecule has 4 aromatic carbocycles. The highest BCUT2D eigenvalue weighted by atomic mass is 16.5. The molecule has 0 fully saturated rings. The third kappa shape index (κ3) is 3.49. The minimum atomic E-state index is 0.0329. The second-order valence-electron chi connectivity index (χ2n) is 11.5. The molecule has 0 saturated carbocycles. The van der Waals surface area contributed by atoms with Crippen LogP contribution in [-0.2, 0) is 11.8 Å². The van der Waals surface area contributed by atoms with E-state index in [1.54, 1.807) is 7.11 Å². The summed E-state index contributed by atoms with van der Waals surface area (Å²) in [4.78, 5) is 6.42. The molecular weight excluding hydrogens is 464 g/mol. The molecule has 2 aliphatic heterocycles. The van der Waals surface area contributed by atoms with E-state index in [0.717, 1.165) is 17.7 Å². The standard InChI is InChI=1S/C35H32N2O/c1-35(2,3)25-15-13-22(14-16-25)32-20-23-9-5-7-11-27(23)34-33-29(19-24-10-6-8-12-31(24)37(32)34)28-21-26(38-4)17-18-30(28)36-33/h5-18,20-21,34,36H,19H2,1-4H3. The Morgan fingerprint density at radius 2 is 1.63 bits per heavy atom. The number of hydrogen-bond acceptors (Lipinski definition) is 2. The fourth-order valence-corrected chi connectivity index (χ4v) is 6.19. The maximum Gasteiger partial charge on any atom is 0.119 e. The van der Waals surface area contributed by atoms with Gasteiger partial charge in [0.05, 0.1) is 7.11 Å². The molecule has 1 aromatic heterocycles. The number of nitrogens with zero attached hydrogens (tertiary/aromatic N) is 1. The molecule has 0 saturated heterocycles. The van der Waals surface area contributed by atoms with Crippen LogP contribution in [0.15, 0.2) is 91.0 Å². The topological polar surface area (TPSA) is 28.3 Å². The van der Waals surface area contributed by atoms with Crippen molar-refractivity contribution in [3.63, 3.8) is 0 Å². The van der Waals surface area contributed by atoms with E-state index in [2.05, 4.69) is 122 Å². The molecule has 5 aromatic rings. The second-order valence-corrected chi connectivity index (χ2v) is 11.5. The van der Waals surface area contributed by atoms with E-state index in [-0.39, 0.29) is 11.5 Å². The number of ether oxygens (including phenoxy) is 1. The van der Waals surface area contributed by atoms with Crippen LogP contribution in [0.1, 0.15) is 65.9 Å². The summed E-state index contributed by atoms with van der Waals surface area (Å²) in [6.45, 7) is 6.81. The van der Waals surface area contributed by atoms with Gasteiger partial charge in [0.15, 0.2) is 0 Å². The average Bonchev–Trinajstić information content (AvgIpc) is 3.21. The van der Waals surface area contributed by atoms with Crippen LogP contribution in [0.2, 0.25) is 0 Å². The lowest BCUT2D eigenvalue weighted by atomic mass is 9.85. The molecule has 0 radical (unpaired) electrons. The largest absolute Gasteiger partial charge is 0.497 e. The molecule has 7 rings (SSSR count). The Balaban J connectivity index is 1.52. The Kier molecular flexibility index (Phi) is 5.06. The predicted molar refractivity (Wildman–Crippen MR) is 158 cm³/mol. The quantitative estimate of drug-likeness (QED) is 0.265. The summed E-state index contributed by atoms with van der Waals surface area (Å²) >= 11 is 0. The van der Waals surface area contributed by atoms with Gasteiger partial charge in [0.2, 0.25) is 0 Å². The van der Waals surface area contributed by atoms with Gasteiger partial charge in [0.1, 0.15) is 11.8 Å². The van der Waals surface area contributed by atoms with E-state index >= 15 is 0 Å². The Labute approximate surface area is 224 Å². The highest BCUT2D eigenvalue weighted by Crippen LogP contribution is 2.50. The molecule has 0 amide bonds. The minimum absolute atomic E-state index is 0.0329. The van der Waals surface area contributed by atoms with Crippen molar-refractivity contribution in [1.82, 2.24) is 4.98 Å². The summed E-state index contributed by atoms with van der Waals surface area (Å²) in [7, 11) is 1.74. The fraction of sp³-hybridized carbons (Fsp3) is 0.200. The monoisotopic (exact) mass is 496 g/mol. The van der Waals surface area contributed by atoms with Crippen molar-refractivity contribution in [1.29, 1.82) is 0 Å². The smallest absolute Gasteiger partial charge is 0.119 e. The van der Waals surface area contributed by atoms with E-state index in [1.165, 1.54) is 55.8 Å². The van der Waals surface area contributed by atoms with Crippen LogP contribution in [0.3, 0.4) is 0 Å². The summed E-state index contributed by atoms with van der Waals surface area (Å²) in [5.74, 6) is 0.886. The molecule has 188 valence electrons. The van der Waals surface area contributed by atoms with Gasteiger partial charge < -0.3 is 14.6 Å². The first-order chi connectivity index (χ1) is 18.4. The van der Waals surface area contributed by atoms with Gasteiger partial charge in [0, 0.05) is 34.4 Å². The summed E-state index contributed by atoms with van der Waals surface area (Å²) < 4.78 is 5.62. The van der Waals surface area contributed by atoms with Crippen LogP contribution in [-0.4, -0.2) is 12.1 Å². The average molecular weight is 497 g/mol. The number of aromatic amines is 1. The zero-order chi connectivity index (χ0) is 26.0. The summed E-state index contributed by atoms with van der Waals surface area (Å²) in [5, 5.41) is 1.24. The van der Waals surface area contributed by atoms with E-state index in [4.69, 9.17) is 4.74 Å². The summed E-state index contributed by atoms with van der Waals surface area (Å²) in [5.41, 5.74) is 12.9. The number of aromatic nitrogens is 1. The first kappa shape index (κ1) is 22.9. The Bertz CT molecular complexity index is 1720. The van der Waals surface area contributed by atoms with Crippen molar-refractivity contribution in [2.45, 2.75) is 38.6 Å². The van der Waals surface area contributed by atoms with Crippen molar-refractivity contribution in [2.24, 2.45) is 0 Å². The molecule has 1 N–H and O–H groups in total. The van der Waals surface area contributed by atoms with Gasteiger partial charge in [-0.1, -0.05) is 87.5 Å². The SMILES string of the molecule is COc1ccc2[nH]c3c(c2c1)Cc1ccccc1N1C(c2ccc(C(C)(C)C)cc2)=Cc2ccccc2C31. The van der Waals surface area contributed by atoms with Gasteiger partial charge in [-0.3, -0.25) is 0 Å². The lowest BCUT2D eigenvalue weighted by Crippen LogP contribution is -2.31. The van der Waals surface area contributed by atoms with Crippen LogP contribution < -0.4 is 9.64 Å². The molecule has 1 atom stereocenters. The number of anilines is 1. The highest BCUT2D eigenvalue weighted by Gasteiger charge is 2.37. The number of H-pyrrole nitrogens is 1. The van der Waals surface area contributed by atoms with E-state index in [9.17, 15) is 0 Å². The molecule has 3 nitrogen and oxygen atoms in total. The molecule has 1 unspecified atom stereocenters. The number of para-hydroxylation sites is 1. The molecule has 38 heavy (non-hydrogen) atoms. The molecule has 2 aliphatic rings. The Morgan fingerprint density at radius 1 is 0.868 bits per heavy atom. The van der Waals surface area contributed by atoms with Crippen molar-refractivity contribution in [2.75, 3.05) is 12.0 Å². The number of benzene rings is 4. The van der Waals surface area contributed by atoms with E-state index < -0.39 is 0 Å². The van der Waals surface area contributed by atoms with Crippen molar-refractivity contribution < 1.29 is 4.74 Å². The third-order valence-corrected chi connectivity index (χ3v) is 8.19. The Hall–Kier alpha value is -4.24. The van der Waals surface area contributed by atoms with Crippen LogP contribution in [0.5, 0.6) is 5.75 Å². The normalized spacial score (nSPS) is 16.2. The van der Waals surface area contributed by atoms with Gasteiger partial charge >= 0.3 is 0 Å². The van der Waals surface area contributed by atoms with E-state index in [1.807, 2.05) is 6.07 Å². The summed E-state index contributed by atoms with van der Waals surface area (Å²) in [6, 6.07) is 33.3.